The summed E-state index contributed by atoms with van der Waals surface area (Å²) in [5, 5.41) is 5.60. The minimum atomic E-state index is -1.10. The quantitative estimate of drug-likeness (QED) is 0.444. The fraction of sp³-hybridized carbons (Fsp3) is 0.682. The summed E-state index contributed by atoms with van der Waals surface area (Å²) in [5.41, 5.74) is 3.29. The van der Waals surface area contributed by atoms with Gasteiger partial charge in [-0.05, 0) is 49.2 Å². The van der Waals surface area contributed by atoms with Gasteiger partial charge in [-0.15, -0.1) is 0 Å². The minimum absolute atomic E-state index is 0.0608. The highest BCUT2D eigenvalue weighted by Crippen LogP contribution is 2.34. The Labute approximate surface area is 175 Å². The van der Waals surface area contributed by atoms with Crippen molar-refractivity contribution in [3.63, 3.8) is 0 Å². The number of benzene rings is 1. The lowest BCUT2D eigenvalue weighted by Gasteiger charge is -2.35. The van der Waals surface area contributed by atoms with Crippen molar-refractivity contribution in [2.75, 3.05) is 40.0 Å². The van der Waals surface area contributed by atoms with Crippen LogP contribution in [0.3, 0.4) is 0 Å². The average molecular weight is 422 g/mol. The van der Waals surface area contributed by atoms with Crippen LogP contribution in [0.15, 0.2) is 18.3 Å². The summed E-state index contributed by atoms with van der Waals surface area (Å²) in [6.45, 7) is 13.2. The summed E-state index contributed by atoms with van der Waals surface area (Å²) in [6, 6.07) is 5.42. The summed E-state index contributed by atoms with van der Waals surface area (Å²) in [7, 11) is 0.589. The Balaban J connectivity index is 1.71. The molecule has 162 valence electrons. The molecular weight excluding hydrogens is 385 g/mol. The number of methoxy groups -OCH3 is 1. The van der Waals surface area contributed by atoms with Crippen LogP contribution in [0.5, 0.6) is 0 Å². The Morgan fingerprint density at radius 3 is 2.72 bits per heavy atom. The first-order chi connectivity index (χ1) is 13.8. The maximum absolute atomic E-state index is 15.1. The number of rotatable bonds is 9. The van der Waals surface area contributed by atoms with Gasteiger partial charge in [0.1, 0.15) is 12.9 Å². The van der Waals surface area contributed by atoms with Crippen LogP contribution >= 0.6 is 0 Å². The van der Waals surface area contributed by atoms with E-state index in [9.17, 15) is 0 Å². The van der Waals surface area contributed by atoms with Crippen molar-refractivity contribution >= 4 is 19.0 Å². The van der Waals surface area contributed by atoms with Gasteiger partial charge in [-0.2, -0.15) is 5.10 Å². The topological polar surface area (TPSA) is 39.5 Å². The van der Waals surface area contributed by atoms with Gasteiger partial charge in [-0.25, -0.2) is 9.07 Å². The second kappa shape index (κ2) is 9.68. The van der Waals surface area contributed by atoms with Crippen LogP contribution in [0.1, 0.15) is 23.5 Å². The van der Waals surface area contributed by atoms with E-state index in [2.05, 4.69) is 48.7 Å². The molecule has 0 bridgehead atoms. The van der Waals surface area contributed by atoms with E-state index < -0.39 is 14.2 Å². The van der Waals surface area contributed by atoms with Crippen molar-refractivity contribution in [3.05, 3.63) is 29.5 Å². The van der Waals surface area contributed by atoms with Crippen LogP contribution in [0.4, 0.5) is 4.39 Å². The molecule has 2 aromatic rings. The Bertz CT molecular complexity index is 805. The summed E-state index contributed by atoms with van der Waals surface area (Å²) < 4.78 is 28.0. The highest BCUT2D eigenvalue weighted by Gasteiger charge is 2.31. The Morgan fingerprint density at radius 1 is 1.24 bits per heavy atom. The van der Waals surface area contributed by atoms with Crippen LogP contribution in [0.2, 0.25) is 25.7 Å². The standard InChI is InChI=1S/C22H36FN3O2Si/c1-17-12-18-14-24-26(16-28-10-11-29(3,4)5)22(18)13-20(17)19-6-7-25(8-9-27-2)15-21(19)23/h12-14,19,21H,6-11,15-16H2,1-5H3. The number of halogens is 1. The molecule has 2 atom stereocenters. The SMILES string of the molecule is COCCN1CCC(c2cc3c(cnn3COCC[Si](C)(C)C)cc2C)C(F)C1. The predicted octanol–water partition coefficient (Wildman–Crippen LogP) is 4.43. The molecule has 1 aromatic carbocycles. The highest BCUT2D eigenvalue weighted by atomic mass is 28.3. The zero-order valence-corrected chi connectivity index (χ0v) is 19.6. The molecular formula is C22H36FN3O2Si. The van der Waals surface area contributed by atoms with E-state index in [0.717, 1.165) is 54.2 Å². The molecule has 0 amide bonds. The molecule has 0 N–H and O–H groups in total. The van der Waals surface area contributed by atoms with Crippen LogP contribution < -0.4 is 0 Å². The van der Waals surface area contributed by atoms with E-state index in [1.54, 1.807) is 7.11 Å². The van der Waals surface area contributed by atoms with E-state index in [1.165, 1.54) is 0 Å². The lowest BCUT2D eigenvalue weighted by atomic mass is 9.85. The van der Waals surface area contributed by atoms with Gasteiger partial charge in [0, 0.05) is 46.2 Å². The van der Waals surface area contributed by atoms with E-state index in [4.69, 9.17) is 9.47 Å². The van der Waals surface area contributed by atoms with Gasteiger partial charge in [0.05, 0.1) is 18.3 Å². The van der Waals surface area contributed by atoms with E-state index in [1.807, 2.05) is 10.9 Å². The van der Waals surface area contributed by atoms with Crippen LogP contribution in [0, 0.1) is 6.92 Å². The predicted molar refractivity (Wildman–Crippen MR) is 119 cm³/mol. The molecule has 0 radical (unpaired) electrons. The molecule has 2 unspecified atom stereocenters. The van der Waals surface area contributed by atoms with Gasteiger partial charge in [0.15, 0.2) is 0 Å². The number of piperidine rings is 1. The fourth-order valence-corrected chi connectivity index (χ4v) is 4.79. The Kier molecular flexibility index (Phi) is 7.48. The molecule has 0 saturated carbocycles. The normalized spacial score (nSPS) is 21.2. The van der Waals surface area contributed by atoms with Crippen molar-refractivity contribution in [2.45, 2.75) is 57.9 Å². The number of likely N-dealkylation sites (tertiary alicyclic amines) is 1. The van der Waals surface area contributed by atoms with Gasteiger partial charge >= 0.3 is 0 Å². The molecule has 1 aromatic heterocycles. The summed E-state index contributed by atoms with van der Waals surface area (Å²) >= 11 is 0. The maximum Gasteiger partial charge on any atom is 0.139 e. The largest absolute Gasteiger partial charge is 0.383 e. The molecule has 1 aliphatic heterocycles. The first-order valence-electron chi connectivity index (χ1n) is 10.7. The van der Waals surface area contributed by atoms with Gasteiger partial charge in [0.2, 0.25) is 0 Å². The molecule has 0 aliphatic carbocycles. The van der Waals surface area contributed by atoms with Gasteiger partial charge in [-0.3, -0.25) is 4.90 Å². The molecule has 1 aliphatic rings. The first kappa shape index (κ1) is 22.4. The number of hydrogen-bond donors (Lipinski definition) is 0. The fourth-order valence-electron chi connectivity index (χ4n) is 4.03. The average Bonchev–Trinajstić information content (AvgIpc) is 3.04. The second-order valence-corrected chi connectivity index (χ2v) is 15.1. The van der Waals surface area contributed by atoms with Crippen LogP contribution in [-0.4, -0.2) is 68.9 Å². The molecule has 5 nitrogen and oxygen atoms in total. The van der Waals surface area contributed by atoms with Crippen molar-refractivity contribution in [1.29, 1.82) is 0 Å². The summed E-state index contributed by atoms with van der Waals surface area (Å²) in [4.78, 5) is 2.16. The number of ether oxygens (including phenoxy) is 2. The van der Waals surface area contributed by atoms with E-state index in [-0.39, 0.29) is 5.92 Å². The number of aryl methyl sites for hydroxylation is 1. The highest BCUT2D eigenvalue weighted by molar-refractivity contribution is 6.76. The monoisotopic (exact) mass is 421 g/mol. The maximum atomic E-state index is 15.1. The van der Waals surface area contributed by atoms with E-state index in [0.29, 0.717) is 19.9 Å². The molecule has 1 fully saturated rings. The van der Waals surface area contributed by atoms with E-state index >= 15 is 4.39 Å². The second-order valence-electron chi connectivity index (χ2n) is 9.46. The van der Waals surface area contributed by atoms with Gasteiger partial charge in [0.25, 0.3) is 0 Å². The van der Waals surface area contributed by atoms with Crippen LogP contribution in [0.25, 0.3) is 10.9 Å². The lowest BCUT2D eigenvalue weighted by Crippen LogP contribution is -2.42. The number of hydrogen-bond acceptors (Lipinski definition) is 4. The zero-order valence-electron chi connectivity index (χ0n) is 18.6. The molecule has 1 saturated heterocycles. The molecule has 3 rings (SSSR count). The van der Waals surface area contributed by atoms with Crippen molar-refractivity contribution < 1.29 is 13.9 Å². The third-order valence-corrected chi connectivity index (χ3v) is 7.58. The molecule has 29 heavy (non-hydrogen) atoms. The van der Waals surface area contributed by atoms with Gasteiger partial charge < -0.3 is 9.47 Å². The Morgan fingerprint density at radius 2 is 2.03 bits per heavy atom. The number of fused-ring (bicyclic) bond motifs is 1. The first-order valence-corrected chi connectivity index (χ1v) is 14.4. The summed E-state index contributed by atoms with van der Waals surface area (Å²) in [5.74, 6) is -0.0608. The minimum Gasteiger partial charge on any atom is -0.383 e. The van der Waals surface area contributed by atoms with Gasteiger partial charge in [-0.1, -0.05) is 19.6 Å². The van der Waals surface area contributed by atoms with Crippen molar-refractivity contribution in [1.82, 2.24) is 14.7 Å². The number of alkyl halides is 1. The smallest absolute Gasteiger partial charge is 0.139 e. The molecule has 0 spiro atoms. The lowest BCUT2D eigenvalue weighted by molar-refractivity contribution is 0.0815. The number of aromatic nitrogens is 2. The third kappa shape index (κ3) is 5.87. The van der Waals surface area contributed by atoms with Crippen LogP contribution in [-0.2, 0) is 16.2 Å². The van der Waals surface area contributed by atoms with Crippen molar-refractivity contribution in [2.24, 2.45) is 0 Å². The molecule has 2 heterocycles. The molecule has 7 heteroatoms. The van der Waals surface area contributed by atoms with Crippen molar-refractivity contribution in [3.8, 4) is 0 Å². The summed E-state index contributed by atoms with van der Waals surface area (Å²) in [6.07, 6.45) is 1.85. The third-order valence-electron chi connectivity index (χ3n) is 5.88. The zero-order chi connectivity index (χ0) is 21.0. The number of nitrogens with zero attached hydrogens (tertiary/aromatic N) is 3. The Hall–Kier alpha value is -1.28.